The van der Waals surface area contributed by atoms with Gasteiger partial charge in [0.05, 0.1) is 6.04 Å². The highest BCUT2D eigenvalue weighted by Crippen LogP contribution is 2.26. The van der Waals surface area contributed by atoms with Gasteiger partial charge in [-0.2, -0.15) is 0 Å². The van der Waals surface area contributed by atoms with Gasteiger partial charge >= 0.3 is 0 Å². The first kappa shape index (κ1) is 13.1. The zero-order valence-electron chi connectivity index (χ0n) is 10.4. The summed E-state index contributed by atoms with van der Waals surface area (Å²) in [6.07, 6.45) is 0. The van der Waals surface area contributed by atoms with E-state index >= 15 is 0 Å². The van der Waals surface area contributed by atoms with Gasteiger partial charge in [-0.1, -0.05) is 35.9 Å². The minimum Gasteiger partial charge on any atom is -0.309 e. The lowest BCUT2D eigenvalue weighted by Crippen LogP contribution is -2.19. The number of benzene rings is 2. The second-order valence-corrected chi connectivity index (χ2v) is 4.74. The number of nitrogens with one attached hydrogen (secondary N) is 1. The number of rotatable bonds is 3. The average Bonchev–Trinajstić information content (AvgIpc) is 2.33. The molecule has 0 radical (unpaired) electrons. The van der Waals surface area contributed by atoms with Gasteiger partial charge < -0.3 is 5.32 Å². The zero-order valence-corrected chi connectivity index (χ0v) is 11.1. The maximum absolute atomic E-state index is 14.0. The average molecular weight is 264 g/mol. The topological polar surface area (TPSA) is 12.0 Å². The van der Waals surface area contributed by atoms with Crippen LogP contribution in [-0.4, -0.2) is 7.05 Å². The highest BCUT2D eigenvalue weighted by molar-refractivity contribution is 6.30. The molecule has 3 heteroatoms. The van der Waals surface area contributed by atoms with E-state index in [1.807, 2.05) is 50.4 Å². The van der Waals surface area contributed by atoms with E-state index in [0.717, 1.165) is 11.1 Å². The Morgan fingerprint density at radius 2 is 1.94 bits per heavy atom. The third-order valence-corrected chi connectivity index (χ3v) is 3.17. The summed E-state index contributed by atoms with van der Waals surface area (Å²) in [5.41, 5.74) is 2.50. The van der Waals surface area contributed by atoms with E-state index in [-0.39, 0.29) is 11.9 Å². The largest absolute Gasteiger partial charge is 0.309 e. The fourth-order valence-electron chi connectivity index (χ4n) is 2.05. The Hall–Kier alpha value is -1.38. The summed E-state index contributed by atoms with van der Waals surface area (Å²) in [5.74, 6) is -0.200. The number of halogens is 2. The normalized spacial score (nSPS) is 12.4. The first-order valence-electron chi connectivity index (χ1n) is 5.80. The SMILES string of the molecule is CNC(c1cccc(Cl)c1)c1ccc(C)cc1F. The predicted octanol–water partition coefficient (Wildman–Crippen LogP) is 4.10. The van der Waals surface area contributed by atoms with Crippen molar-refractivity contribution in [3.8, 4) is 0 Å². The Bertz CT molecular complexity index is 554. The molecule has 2 aromatic rings. The Morgan fingerprint density at radius 1 is 1.17 bits per heavy atom. The summed E-state index contributed by atoms with van der Waals surface area (Å²) in [4.78, 5) is 0. The van der Waals surface area contributed by atoms with Gasteiger partial charge in [0.25, 0.3) is 0 Å². The highest BCUT2D eigenvalue weighted by atomic mass is 35.5. The molecule has 0 aliphatic heterocycles. The van der Waals surface area contributed by atoms with Gasteiger partial charge in [-0.3, -0.25) is 0 Å². The van der Waals surface area contributed by atoms with Crippen LogP contribution in [0.1, 0.15) is 22.7 Å². The lowest BCUT2D eigenvalue weighted by atomic mass is 9.97. The van der Waals surface area contributed by atoms with Gasteiger partial charge in [-0.25, -0.2) is 4.39 Å². The molecule has 1 unspecified atom stereocenters. The maximum Gasteiger partial charge on any atom is 0.128 e. The molecule has 0 amide bonds. The first-order chi connectivity index (χ1) is 8.61. The highest BCUT2D eigenvalue weighted by Gasteiger charge is 2.16. The third kappa shape index (κ3) is 2.71. The monoisotopic (exact) mass is 263 g/mol. The molecule has 0 heterocycles. The third-order valence-electron chi connectivity index (χ3n) is 2.94. The van der Waals surface area contributed by atoms with E-state index in [1.54, 1.807) is 6.07 Å². The molecule has 0 fully saturated rings. The standard InChI is InChI=1S/C15H15ClFN/c1-10-6-7-13(14(17)8-10)15(18-2)11-4-3-5-12(16)9-11/h3-9,15,18H,1-2H3. The molecular weight excluding hydrogens is 249 g/mol. The van der Waals surface area contributed by atoms with Crippen LogP contribution in [0.4, 0.5) is 4.39 Å². The number of hydrogen-bond acceptors (Lipinski definition) is 1. The molecule has 94 valence electrons. The summed E-state index contributed by atoms with van der Waals surface area (Å²) >= 11 is 5.98. The Labute approximate surface area is 112 Å². The van der Waals surface area contributed by atoms with Crippen LogP contribution >= 0.6 is 11.6 Å². The molecule has 1 N–H and O–H groups in total. The van der Waals surface area contributed by atoms with E-state index in [9.17, 15) is 4.39 Å². The summed E-state index contributed by atoms with van der Waals surface area (Å²) in [6.45, 7) is 1.88. The van der Waals surface area contributed by atoms with Crippen LogP contribution in [0.5, 0.6) is 0 Å². The summed E-state index contributed by atoms with van der Waals surface area (Å²) in [6, 6.07) is 12.5. The molecule has 0 saturated carbocycles. The molecule has 0 aromatic heterocycles. The van der Waals surface area contributed by atoms with Crippen LogP contribution in [0.15, 0.2) is 42.5 Å². The first-order valence-corrected chi connectivity index (χ1v) is 6.18. The molecule has 1 nitrogen and oxygen atoms in total. The summed E-state index contributed by atoms with van der Waals surface area (Å²) < 4.78 is 14.0. The van der Waals surface area contributed by atoms with Crippen molar-refractivity contribution in [1.82, 2.24) is 5.32 Å². The minimum absolute atomic E-state index is 0.190. The van der Waals surface area contributed by atoms with Crippen molar-refractivity contribution in [2.45, 2.75) is 13.0 Å². The Balaban J connectivity index is 2.45. The second-order valence-electron chi connectivity index (χ2n) is 4.30. The van der Waals surface area contributed by atoms with Crippen molar-refractivity contribution in [1.29, 1.82) is 0 Å². The minimum atomic E-state index is -0.200. The summed E-state index contributed by atoms with van der Waals surface area (Å²) in [5, 5.41) is 3.78. The van der Waals surface area contributed by atoms with Gasteiger partial charge in [0.1, 0.15) is 5.82 Å². The van der Waals surface area contributed by atoms with Gasteiger partial charge in [0.15, 0.2) is 0 Å². The molecule has 1 atom stereocenters. The van der Waals surface area contributed by atoms with Crippen molar-refractivity contribution in [2.24, 2.45) is 0 Å². The van der Waals surface area contributed by atoms with Crippen molar-refractivity contribution in [3.05, 3.63) is 70.0 Å². The van der Waals surface area contributed by atoms with Crippen LogP contribution in [0.3, 0.4) is 0 Å². The van der Waals surface area contributed by atoms with Crippen LogP contribution in [0, 0.1) is 12.7 Å². The second kappa shape index (κ2) is 5.51. The number of hydrogen-bond donors (Lipinski definition) is 1. The smallest absolute Gasteiger partial charge is 0.128 e. The maximum atomic E-state index is 14.0. The van der Waals surface area contributed by atoms with Gasteiger partial charge in [0, 0.05) is 10.6 Å². The fraction of sp³-hybridized carbons (Fsp3) is 0.200. The zero-order chi connectivity index (χ0) is 13.1. The molecule has 0 spiro atoms. The van der Waals surface area contributed by atoms with E-state index in [2.05, 4.69) is 5.32 Å². The molecule has 18 heavy (non-hydrogen) atoms. The van der Waals surface area contributed by atoms with E-state index in [1.165, 1.54) is 0 Å². The molecule has 0 aliphatic carbocycles. The van der Waals surface area contributed by atoms with Crippen molar-refractivity contribution >= 4 is 11.6 Å². The van der Waals surface area contributed by atoms with Crippen LogP contribution < -0.4 is 5.32 Å². The molecule has 2 aromatic carbocycles. The fourth-order valence-corrected chi connectivity index (χ4v) is 2.25. The lowest BCUT2D eigenvalue weighted by Gasteiger charge is -2.18. The van der Waals surface area contributed by atoms with Crippen molar-refractivity contribution in [3.63, 3.8) is 0 Å². The quantitative estimate of drug-likeness (QED) is 0.879. The number of aryl methyl sites for hydroxylation is 1. The van der Waals surface area contributed by atoms with E-state index < -0.39 is 0 Å². The van der Waals surface area contributed by atoms with Crippen LogP contribution in [0.2, 0.25) is 5.02 Å². The molecular formula is C15H15ClFN. The Morgan fingerprint density at radius 3 is 2.56 bits per heavy atom. The molecule has 0 bridgehead atoms. The van der Waals surface area contributed by atoms with Gasteiger partial charge in [0.2, 0.25) is 0 Å². The van der Waals surface area contributed by atoms with Crippen LogP contribution in [0.25, 0.3) is 0 Å². The van der Waals surface area contributed by atoms with Gasteiger partial charge in [-0.05, 0) is 43.3 Å². The predicted molar refractivity (Wildman–Crippen MR) is 73.5 cm³/mol. The molecule has 0 saturated heterocycles. The van der Waals surface area contributed by atoms with Crippen LogP contribution in [-0.2, 0) is 0 Å². The van der Waals surface area contributed by atoms with E-state index in [0.29, 0.717) is 10.6 Å². The van der Waals surface area contributed by atoms with E-state index in [4.69, 9.17) is 11.6 Å². The molecule has 0 aliphatic rings. The van der Waals surface area contributed by atoms with Gasteiger partial charge in [-0.15, -0.1) is 0 Å². The van der Waals surface area contributed by atoms with Crippen molar-refractivity contribution in [2.75, 3.05) is 7.05 Å². The summed E-state index contributed by atoms with van der Waals surface area (Å²) in [7, 11) is 1.81. The lowest BCUT2D eigenvalue weighted by molar-refractivity contribution is 0.575. The molecule has 2 rings (SSSR count). The van der Waals surface area contributed by atoms with Crippen molar-refractivity contribution < 1.29 is 4.39 Å². The Kier molecular flexibility index (Phi) is 4.00.